The first-order chi connectivity index (χ1) is 5.65. The molecular weight excluding hydrogens is 160 g/mol. The quantitative estimate of drug-likeness (QED) is 0.321. The van der Waals surface area contributed by atoms with E-state index in [0.29, 0.717) is 12.8 Å². The van der Waals surface area contributed by atoms with Crippen molar-refractivity contribution in [3.8, 4) is 0 Å². The molecule has 0 saturated carbocycles. The molecule has 0 spiro atoms. The number of nitrogens with zero attached hydrogens (tertiary/aromatic N) is 1. The fourth-order valence-corrected chi connectivity index (χ4v) is 1.23. The molecule has 68 valence electrons. The van der Waals surface area contributed by atoms with Crippen LogP contribution < -0.4 is 5.84 Å². The van der Waals surface area contributed by atoms with Gasteiger partial charge >= 0.3 is 5.97 Å². The summed E-state index contributed by atoms with van der Waals surface area (Å²) in [5.74, 6) is 4.68. The maximum Gasteiger partial charge on any atom is 0.310 e. The minimum atomic E-state index is -0.294. The third-order valence-electron chi connectivity index (χ3n) is 1.98. The van der Waals surface area contributed by atoms with E-state index in [-0.39, 0.29) is 24.3 Å². The van der Waals surface area contributed by atoms with Crippen LogP contribution in [0.15, 0.2) is 0 Å². The van der Waals surface area contributed by atoms with Crippen molar-refractivity contribution < 1.29 is 14.3 Å². The van der Waals surface area contributed by atoms with Crippen molar-refractivity contribution in [3.63, 3.8) is 0 Å². The van der Waals surface area contributed by atoms with Crippen LogP contribution in [0, 0.1) is 5.92 Å². The number of piperidine rings is 1. The summed E-state index contributed by atoms with van der Waals surface area (Å²) in [4.78, 5) is 21.9. The minimum Gasteiger partial charge on any atom is -0.469 e. The predicted molar refractivity (Wildman–Crippen MR) is 40.6 cm³/mol. The standard InChI is InChI=1S/C7H12N2O3/c1-12-7(11)5-2-3-6(10)9(8)4-5/h5H,2-4,8H2,1H3. The summed E-state index contributed by atoms with van der Waals surface area (Å²) < 4.78 is 4.54. The van der Waals surface area contributed by atoms with Crippen LogP contribution >= 0.6 is 0 Å². The zero-order chi connectivity index (χ0) is 9.14. The molecule has 0 bridgehead atoms. The van der Waals surface area contributed by atoms with Crippen molar-refractivity contribution in [2.24, 2.45) is 11.8 Å². The Labute approximate surface area is 70.4 Å². The van der Waals surface area contributed by atoms with E-state index in [1.54, 1.807) is 0 Å². The van der Waals surface area contributed by atoms with Gasteiger partial charge in [0.1, 0.15) is 0 Å². The third kappa shape index (κ3) is 1.73. The monoisotopic (exact) mass is 172 g/mol. The van der Waals surface area contributed by atoms with Gasteiger partial charge in [-0.1, -0.05) is 0 Å². The van der Waals surface area contributed by atoms with Gasteiger partial charge in [0.05, 0.1) is 19.6 Å². The molecule has 1 unspecified atom stereocenters. The zero-order valence-corrected chi connectivity index (χ0v) is 6.95. The fourth-order valence-electron chi connectivity index (χ4n) is 1.23. The molecule has 1 amide bonds. The first-order valence-corrected chi connectivity index (χ1v) is 3.78. The summed E-state index contributed by atoms with van der Waals surface area (Å²) in [6, 6.07) is 0. The first-order valence-electron chi connectivity index (χ1n) is 3.78. The van der Waals surface area contributed by atoms with Crippen molar-refractivity contribution in [1.82, 2.24) is 5.01 Å². The second kappa shape index (κ2) is 3.53. The maximum absolute atomic E-state index is 11.0. The van der Waals surface area contributed by atoms with Crippen molar-refractivity contribution >= 4 is 11.9 Å². The summed E-state index contributed by atoms with van der Waals surface area (Å²) in [7, 11) is 1.33. The summed E-state index contributed by atoms with van der Waals surface area (Å²) in [6.45, 7) is 0.269. The van der Waals surface area contributed by atoms with Crippen LogP contribution in [0.5, 0.6) is 0 Å². The zero-order valence-electron chi connectivity index (χ0n) is 6.95. The number of carbonyl (C=O) groups excluding carboxylic acids is 2. The molecule has 0 aliphatic carbocycles. The molecule has 0 aromatic carbocycles. The van der Waals surface area contributed by atoms with Gasteiger partial charge < -0.3 is 4.74 Å². The summed E-state index contributed by atoms with van der Waals surface area (Å²) in [5, 5.41) is 1.07. The molecule has 5 nitrogen and oxygen atoms in total. The highest BCUT2D eigenvalue weighted by molar-refractivity contribution is 5.80. The smallest absolute Gasteiger partial charge is 0.310 e. The van der Waals surface area contributed by atoms with E-state index in [1.807, 2.05) is 0 Å². The van der Waals surface area contributed by atoms with Gasteiger partial charge in [0.25, 0.3) is 0 Å². The van der Waals surface area contributed by atoms with Gasteiger partial charge in [-0.3, -0.25) is 14.6 Å². The van der Waals surface area contributed by atoms with Crippen LogP contribution in [0.4, 0.5) is 0 Å². The number of nitrogens with two attached hydrogens (primary N) is 1. The van der Waals surface area contributed by atoms with Crippen LogP contribution in [-0.4, -0.2) is 30.5 Å². The molecular formula is C7H12N2O3. The number of rotatable bonds is 1. The molecule has 0 aromatic rings. The Morgan fingerprint density at radius 3 is 2.92 bits per heavy atom. The Kier molecular flexibility index (Phi) is 2.65. The van der Waals surface area contributed by atoms with E-state index in [1.165, 1.54) is 7.11 Å². The molecule has 0 aromatic heterocycles. The summed E-state index contributed by atoms with van der Waals surface area (Å²) in [6.07, 6.45) is 0.871. The lowest BCUT2D eigenvalue weighted by molar-refractivity contribution is -0.150. The topological polar surface area (TPSA) is 72.6 Å². The largest absolute Gasteiger partial charge is 0.469 e. The highest BCUT2D eigenvalue weighted by Gasteiger charge is 2.29. The molecule has 1 aliphatic heterocycles. The van der Waals surface area contributed by atoms with E-state index in [2.05, 4.69) is 4.74 Å². The molecule has 1 heterocycles. The van der Waals surface area contributed by atoms with Crippen molar-refractivity contribution in [2.75, 3.05) is 13.7 Å². The fraction of sp³-hybridized carbons (Fsp3) is 0.714. The van der Waals surface area contributed by atoms with Crippen molar-refractivity contribution in [1.29, 1.82) is 0 Å². The number of methoxy groups -OCH3 is 1. The molecule has 1 fully saturated rings. The van der Waals surface area contributed by atoms with Gasteiger partial charge in [0.15, 0.2) is 0 Å². The molecule has 1 aliphatic rings. The predicted octanol–water partition coefficient (Wildman–Crippen LogP) is -0.728. The normalized spacial score (nSPS) is 24.0. The van der Waals surface area contributed by atoms with E-state index in [0.717, 1.165) is 5.01 Å². The first kappa shape index (κ1) is 8.99. The Morgan fingerprint density at radius 2 is 2.42 bits per heavy atom. The van der Waals surface area contributed by atoms with E-state index in [4.69, 9.17) is 5.84 Å². The lowest BCUT2D eigenvalue weighted by atomic mass is 9.99. The number of amides is 1. The maximum atomic E-state index is 11.0. The van der Waals surface area contributed by atoms with Crippen LogP contribution in [0.3, 0.4) is 0 Å². The Hall–Kier alpha value is -1.10. The summed E-state index contributed by atoms with van der Waals surface area (Å²) >= 11 is 0. The Balaban J connectivity index is 2.50. The van der Waals surface area contributed by atoms with Crippen LogP contribution in [-0.2, 0) is 14.3 Å². The number of esters is 1. The average molecular weight is 172 g/mol. The minimum absolute atomic E-state index is 0.116. The number of carbonyl (C=O) groups is 2. The molecule has 1 rings (SSSR count). The second-order valence-corrected chi connectivity index (χ2v) is 2.80. The molecule has 0 radical (unpaired) electrons. The molecule has 1 saturated heterocycles. The van der Waals surface area contributed by atoms with Crippen molar-refractivity contribution in [3.05, 3.63) is 0 Å². The van der Waals surface area contributed by atoms with E-state index >= 15 is 0 Å². The molecule has 1 atom stereocenters. The number of ether oxygens (including phenoxy) is 1. The average Bonchev–Trinajstić information content (AvgIpc) is 2.08. The summed E-state index contributed by atoms with van der Waals surface area (Å²) in [5.41, 5.74) is 0. The Morgan fingerprint density at radius 1 is 1.75 bits per heavy atom. The second-order valence-electron chi connectivity index (χ2n) is 2.80. The van der Waals surface area contributed by atoms with Gasteiger partial charge in [-0.15, -0.1) is 0 Å². The Bertz CT molecular complexity index is 205. The van der Waals surface area contributed by atoms with Crippen LogP contribution in [0.2, 0.25) is 0 Å². The molecule has 12 heavy (non-hydrogen) atoms. The van der Waals surface area contributed by atoms with Crippen molar-refractivity contribution in [2.45, 2.75) is 12.8 Å². The van der Waals surface area contributed by atoms with Gasteiger partial charge in [0.2, 0.25) is 5.91 Å². The lowest BCUT2D eigenvalue weighted by Crippen LogP contribution is -2.46. The van der Waals surface area contributed by atoms with E-state index < -0.39 is 0 Å². The SMILES string of the molecule is COC(=O)C1CCC(=O)N(N)C1. The number of hydrazine groups is 1. The lowest BCUT2D eigenvalue weighted by Gasteiger charge is -2.26. The van der Waals surface area contributed by atoms with Gasteiger partial charge in [-0.2, -0.15) is 0 Å². The molecule has 2 N–H and O–H groups in total. The van der Waals surface area contributed by atoms with E-state index in [9.17, 15) is 9.59 Å². The van der Waals surface area contributed by atoms with Gasteiger partial charge in [-0.25, -0.2) is 5.84 Å². The highest BCUT2D eigenvalue weighted by Crippen LogP contribution is 2.15. The van der Waals surface area contributed by atoms with Gasteiger partial charge in [-0.05, 0) is 6.42 Å². The third-order valence-corrected chi connectivity index (χ3v) is 1.98. The highest BCUT2D eigenvalue weighted by atomic mass is 16.5. The number of hydrogen-bond acceptors (Lipinski definition) is 4. The number of hydrogen-bond donors (Lipinski definition) is 1. The van der Waals surface area contributed by atoms with Crippen LogP contribution in [0.25, 0.3) is 0 Å². The molecule has 5 heteroatoms. The van der Waals surface area contributed by atoms with Gasteiger partial charge in [0, 0.05) is 6.42 Å². The van der Waals surface area contributed by atoms with Crippen LogP contribution in [0.1, 0.15) is 12.8 Å².